The van der Waals surface area contributed by atoms with E-state index in [9.17, 15) is 18.4 Å². The average molecular weight is 296 g/mol. The molecule has 0 saturated carbocycles. The Bertz CT molecular complexity index is 608. The lowest BCUT2D eigenvalue weighted by molar-refractivity contribution is -0.132. The molecule has 7 heteroatoms. The molecular formula is C14H10F2O5. The highest BCUT2D eigenvalue weighted by molar-refractivity contribution is 5.83. The van der Waals surface area contributed by atoms with Crippen molar-refractivity contribution in [2.75, 3.05) is 0 Å². The quantitative estimate of drug-likeness (QED) is 0.349. The molecule has 1 aromatic rings. The van der Waals surface area contributed by atoms with E-state index < -0.39 is 35.1 Å². The van der Waals surface area contributed by atoms with Crippen LogP contribution < -0.4 is 9.47 Å². The number of hydrogen-bond acceptors (Lipinski definition) is 5. The van der Waals surface area contributed by atoms with Crippen LogP contribution in [-0.4, -0.2) is 11.9 Å². The van der Waals surface area contributed by atoms with Gasteiger partial charge in [0.25, 0.3) is 0 Å². The zero-order chi connectivity index (χ0) is 15.8. The second kappa shape index (κ2) is 7.59. The molecule has 0 radical (unpaired) electrons. The van der Waals surface area contributed by atoms with Gasteiger partial charge in [-0.1, -0.05) is 13.2 Å². The fraction of sp³-hybridized carbons (Fsp3) is 0. The van der Waals surface area contributed by atoms with Crippen molar-refractivity contribution in [1.82, 2.24) is 0 Å². The number of esters is 2. The summed E-state index contributed by atoms with van der Waals surface area (Å²) in [6.07, 6.45) is 3.37. The van der Waals surface area contributed by atoms with Crippen molar-refractivity contribution in [3.05, 3.63) is 61.6 Å². The van der Waals surface area contributed by atoms with Gasteiger partial charge >= 0.3 is 11.9 Å². The number of benzene rings is 1. The monoisotopic (exact) mass is 296 g/mol. The van der Waals surface area contributed by atoms with Gasteiger partial charge in [0.2, 0.25) is 11.6 Å². The van der Waals surface area contributed by atoms with Crippen molar-refractivity contribution in [2.24, 2.45) is 0 Å². The van der Waals surface area contributed by atoms with Gasteiger partial charge in [0.1, 0.15) is 12.5 Å². The first kappa shape index (κ1) is 16.1. The highest BCUT2D eigenvalue weighted by atomic mass is 19.2. The van der Waals surface area contributed by atoms with Crippen LogP contribution in [0.25, 0.3) is 0 Å². The molecule has 0 spiro atoms. The van der Waals surface area contributed by atoms with Gasteiger partial charge < -0.3 is 14.2 Å². The van der Waals surface area contributed by atoms with Gasteiger partial charge in [-0.2, -0.15) is 8.78 Å². The molecule has 21 heavy (non-hydrogen) atoms. The number of ether oxygens (including phenoxy) is 3. The fourth-order valence-corrected chi connectivity index (χ4v) is 1.08. The summed E-state index contributed by atoms with van der Waals surface area (Å²) < 4.78 is 40.8. The summed E-state index contributed by atoms with van der Waals surface area (Å²) in [6.45, 7) is 6.28. The van der Waals surface area contributed by atoms with Crippen molar-refractivity contribution in [1.29, 1.82) is 0 Å². The van der Waals surface area contributed by atoms with Crippen LogP contribution in [0.2, 0.25) is 0 Å². The molecule has 0 aliphatic rings. The van der Waals surface area contributed by atoms with Crippen LogP contribution in [0.15, 0.2) is 50.0 Å². The second-order valence-corrected chi connectivity index (χ2v) is 3.35. The van der Waals surface area contributed by atoms with Gasteiger partial charge in [0.15, 0.2) is 11.5 Å². The Balaban J connectivity index is 2.79. The molecule has 0 aromatic heterocycles. The molecular weight excluding hydrogens is 286 g/mol. The number of halogens is 2. The SMILES string of the molecule is C=CC(=O)OC=COc1ccc(OC(=O)C=C)c(F)c1F. The first-order chi connectivity index (χ1) is 9.99. The number of hydrogen-bond donors (Lipinski definition) is 0. The lowest BCUT2D eigenvalue weighted by Gasteiger charge is -2.07. The molecule has 0 unspecified atom stereocenters. The number of carbonyl (C=O) groups excluding carboxylic acids is 2. The molecule has 1 rings (SSSR count). The Kier molecular flexibility index (Phi) is 5.81. The summed E-state index contributed by atoms with van der Waals surface area (Å²) in [5, 5.41) is 0. The van der Waals surface area contributed by atoms with Gasteiger partial charge in [-0.15, -0.1) is 0 Å². The fourth-order valence-electron chi connectivity index (χ4n) is 1.08. The van der Waals surface area contributed by atoms with Gasteiger partial charge in [-0.3, -0.25) is 0 Å². The van der Waals surface area contributed by atoms with Crippen LogP contribution in [0.3, 0.4) is 0 Å². The predicted octanol–water partition coefficient (Wildman–Crippen LogP) is 2.64. The lowest BCUT2D eigenvalue weighted by atomic mass is 10.3. The lowest BCUT2D eigenvalue weighted by Crippen LogP contribution is -2.06. The van der Waals surface area contributed by atoms with Gasteiger partial charge in [-0.05, 0) is 12.1 Å². The molecule has 0 fully saturated rings. The van der Waals surface area contributed by atoms with E-state index in [1.54, 1.807) is 0 Å². The largest absolute Gasteiger partial charge is 0.459 e. The third kappa shape index (κ3) is 4.57. The standard InChI is InChI=1S/C14H10F2O5/c1-3-11(17)20-8-7-19-9-5-6-10(14(16)13(9)15)21-12(18)4-2/h3-8H,1-2H2. The summed E-state index contributed by atoms with van der Waals surface area (Å²) in [6, 6.07) is 2.03. The van der Waals surface area contributed by atoms with Gasteiger partial charge in [-0.25, -0.2) is 9.59 Å². The summed E-state index contributed by atoms with van der Waals surface area (Å²) >= 11 is 0. The molecule has 5 nitrogen and oxygen atoms in total. The maximum atomic E-state index is 13.6. The summed E-state index contributed by atoms with van der Waals surface area (Å²) in [5.41, 5.74) is 0. The summed E-state index contributed by atoms with van der Waals surface area (Å²) in [5.74, 6) is -5.54. The number of rotatable bonds is 6. The molecule has 0 atom stereocenters. The normalized spacial score (nSPS) is 10.0. The highest BCUT2D eigenvalue weighted by Crippen LogP contribution is 2.27. The molecule has 0 saturated heterocycles. The summed E-state index contributed by atoms with van der Waals surface area (Å²) in [4.78, 5) is 21.6. The zero-order valence-electron chi connectivity index (χ0n) is 10.7. The van der Waals surface area contributed by atoms with Crippen molar-refractivity contribution in [3.63, 3.8) is 0 Å². The smallest absolute Gasteiger partial charge is 0.335 e. The van der Waals surface area contributed by atoms with Crippen molar-refractivity contribution >= 4 is 11.9 Å². The Labute approximate surface area is 118 Å². The van der Waals surface area contributed by atoms with E-state index in [2.05, 4.69) is 22.6 Å². The van der Waals surface area contributed by atoms with E-state index >= 15 is 0 Å². The van der Waals surface area contributed by atoms with Gasteiger partial charge in [0.05, 0.1) is 0 Å². The zero-order valence-corrected chi connectivity index (χ0v) is 10.7. The minimum atomic E-state index is -1.40. The maximum absolute atomic E-state index is 13.6. The molecule has 0 N–H and O–H groups in total. The third-order valence-corrected chi connectivity index (χ3v) is 1.99. The molecule has 0 aliphatic carbocycles. The minimum absolute atomic E-state index is 0.489. The van der Waals surface area contributed by atoms with Crippen molar-refractivity contribution in [2.45, 2.75) is 0 Å². The van der Waals surface area contributed by atoms with E-state index in [-0.39, 0.29) is 0 Å². The van der Waals surface area contributed by atoms with E-state index in [1.165, 1.54) is 0 Å². The van der Waals surface area contributed by atoms with Crippen LogP contribution in [0.5, 0.6) is 11.5 Å². The highest BCUT2D eigenvalue weighted by Gasteiger charge is 2.16. The first-order valence-corrected chi connectivity index (χ1v) is 5.46. The molecule has 1 aromatic carbocycles. The van der Waals surface area contributed by atoms with E-state index in [0.29, 0.717) is 0 Å². The van der Waals surface area contributed by atoms with Crippen molar-refractivity contribution in [3.8, 4) is 11.5 Å². The Morgan fingerprint density at radius 1 is 0.952 bits per heavy atom. The second-order valence-electron chi connectivity index (χ2n) is 3.35. The topological polar surface area (TPSA) is 61.8 Å². The van der Waals surface area contributed by atoms with E-state index in [4.69, 9.17) is 4.74 Å². The van der Waals surface area contributed by atoms with Crippen LogP contribution in [0, 0.1) is 11.6 Å². The molecule has 0 aliphatic heterocycles. The Morgan fingerprint density at radius 2 is 1.52 bits per heavy atom. The third-order valence-electron chi connectivity index (χ3n) is 1.99. The van der Waals surface area contributed by atoms with Crippen LogP contribution in [0.4, 0.5) is 8.78 Å². The predicted molar refractivity (Wildman–Crippen MR) is 68.2 cm³/mol. The minimum Gasteiger partial charge on any atom is -0.459 e. The van der Waals surface area contributed by atoms with Crippen LogP contribution in [0.1, 0.15) is 0 Å². The van der Waals surface area contributed by atoms with E-state index in [1.807, 2.05) is 0 Å². The maximum Gasteiger partial charge on any atom is 0.335 e. The van der Waals surface area contributed by atoms with Crippen LogP contribution in [-0.2, 0) is 14.3 Å². The molecule has 0 heterocycles. The molecule has 110 valence electrons. The Hall–Kier alpha value is -2.96. The average Bonchev–Trinajstić information content (AvgIpc) is 2.49. The van der Waals surface area contributed by atoms with E-state index in [0.717, 1.165) is 36.8 Å². The molecule has 0 amide bonds. The van der Waals surface area contributed by atoms with Gasteiger partial charge in [0, 0.05) is 12.2 Å². The number of carbonyl (C=O) groups is 2. The molecule has 0 bridgehead atoms. The summed E-state index contributed by atoms with van der Waals surface area (Å²) in [7, 11) is 0. The van der Waals surface area contributed by atoms with Crippen LogP contribution >= 0.6 is 0 Å². The Morgan fingerprint density at radius 3 is 2.14 bits per heavy atom. The van der Waals surface area contributed by atoms with Crippen molar-refractivity contribution < 1.29 is 32.6 Å². The first-order valence-electron chi connectivity index (χ1n) is 5.46.